The Labute approximate surface area is 170 Å². The zero-order valence-electron chi connectivity index (χ0n) is 17.3. The van der Waals surface area contributed by atoms with Crippen molar-refractivity contribution in [3.63, 3.8) is 0 Å². The van der Waals surface area contributed by atoms with Crippen molar-refractivity contribution in [3.05, 3.63) is 50.9 Å². The van der Waals surface area contributed by atoms with Crippen LogP contribution in [-0.4, -0.2) is 31.6 Å². The van der Waals surface area contributed by atoms with E-state index in [1.165, 1.54) is 33.8 Å². The van der Waals surface area contributed by atoms with Crippen molar-refractivity contribution in [3.8, 4) is 0 Å². The van der Waals surface area contributed by atoms with Gasteiger partial charge in [-0.2, -0.15) is 0 Å². The first-order valence-corrected chi connectivity index (χ1v) is 10.5. The Hall–Kier alpha value is -2.18. The van der Waals surface area contributed by atoms with E-state index < -0.39 is 0 Å². The SMILES string of the molecule is COC(=O)c1c(NC(=O)Cc2ccc(C)cc2C)sc2c1CC[NH+](C(C)C)C2. The van der Waals surface area contributed by atoms with Crippen molar-refractivity contribution in [2.45, 2.75) is 53.1 Å². The quantitative estimate of drug-likeness (QED) is 0.758. The van der Waals surface area contributed by atoms with Crippen LogP contribution in [0.15, 0.2) is 18.2 Å². The first kappa shape index (κ1) is 20.6. The molecule has 0 aliphatic carbocycles. The minimum absolute atomic E-state index is 0.108. The number of fused-ring (bicyclic) bond motifs is 1. The summed E-state index contributed by atoms with van der Waals surface area (Å²) in [7, 11) is 1.39. The van der Waals surface area contributed by atoms with Gasteiger partial charge in [0.2, 0.25) is 5.91 Å². The first-order valence-electron chi connectivity index (χ1n) is 9.73. The molecule has 2 aromatic rings. The molecule has 1 atom stereocenters. The fraction of sp³-hybridized carbons (Fsp3) is 0.455. The lowest BCUT2D eigenvalue weighted by Crippen LogP contribution is -3.14. The summed E-state index contributed by atoms with van der Waals surface area (Å²) in [6, 6.07) is 6.62. The monoisotopic (exact) mass is 401 g/mol. The summed E-state index contributed by atoms with van der Waals surface area (Å²) in [6.07, 6.45) is 1.12. The van der Waals surface area contributed by atoms with Gasteiger partial charge in [0.25, 0.3) is 0 Å². The van der Waals surface area contributed by atoms with E-state index in [0.29, 0.717) is 23.0 Å². The predicted octanol–water partition coefficient (Wildman–Crippen LogP) is 2.68. The number of hydrogen-bond acceptors (Lipinski definition) is 4. The molecule has 0 spiro atoms. The highest BCUT2D eigenvalue weighted by atomic mass is 32.1. The maximum absolute atomic E-state index is 12.7. The number of aryl methyl sites for hydroxylation is 2. The number of quaternary nitrogens is 1. The average molecular weight is 402 g/mol. The van der Waals surface area contributed by atoms with E-state index in [1.54, 1.807) is 0 Å². The van der Waals surface area contributed by atoms with E-state index in [1.807, 2.05) is 26.0 Å². The smallest absolute Gasteiger partial charge is 0.341 e. The van der Waals surface area contributed by atoms with Crippen LogP contribution in [0.25, 0.3) is 0 Å². The molecular weight excluding hydrogens is 372 g/mol. The van der Waals surface area contributed by atoms with Crippen LogP contribution in [0.1, 0.15) is 51.3 Å². The molecule has 28 heavy (non-hydrogen) atoms. The molecule has 150 valence electrons. The fourth-order valence-corrected chi connectivity index (χ4v) is 5.09. The van der Waals surface area contributed by atoms with Gasteiger partial charge in [0.15, 0.2) is 0 Å². The third-order valence-electron chi connectivity index (χ3n) is 5.48. The number of nitrogens with one attached hydrogen (secondary N) is 2. The van der Waals surface area contributed by atoms with Gasteiger partial charge in [-0.3, -0.25) is 4.79 Å². The van der Waals surface area contributed by atoms with Crippen LogP contribution in [0.5, 0.6) is 0 Å². The summed E-state index contributed by atoms with van der Waals surface area (Å²) in [4.78, 5) is 27.8. The molecule has 1 unspecified atom stereocenters. The Bertz CT molecular complexity index is 901. The Morgan fingerprint density at radius 3 is 2.68 bits per heavy atom. The molecule has 2 heterocycles. The Morgan fingerprint density at radius 1 is 1.29 bits per heavy atom. The number of ether oxygens (including phenoxy) is 1. The molecule has 2 N–H and O–H groups in total. The summed E-state index contributed by atoms with van der Waals surface area (Å²) in [5.74, 6) is -0.476. The molecule has 6 heteroatoms. The van der Waals surface area contributed by atoms with Gasteiger partial charge in [0.1, 0.15) is 11.5 Å². The fourth-order valence-electron chi connectivity index (χ4n) is 3.79. The van der Waals surface area contributed by atoms with Crippen LogP contribution in [0.4, 0.5) is 5.00 Å². The molecule has 1 aliphatic heterocycles. The van der Waals surface area contributed by atoms with Crippen LogP contribution in [0.2, 0.25) is 0 Å². The molecule has 0 saturated carbocycles. The maximum atomic E-state index is 12.7. The van der Waals surface area contributed by atoms with E-state index >= 15 is 0 Å². The number of benzene rings is 1. The van der Waals surface area contributed by atoms with Crippen molar-refractivity contribution in [1.29, 1.82) is 0 Å². The summed E-state index contributed by atoms with van der Waals surface area (Å²) in [5.41, 5.74) is 4.87. The standard InChI is InChI=1S/C22H28N2O3S/c1-13(2)24-9-8-17-18(12-24)28-21(20(17)22(26)27-5)23-19(25)11-16-7-6-14(3)10-15(16)4/h6-7,10,13H,8-9,11-12H2,1-5H3,(H,23,25)/p+1. The molecule has 0 bridgehead atoms. The third kappa shape index (κ3) is 4.28. The molecule has 0 fully saturated rings. The van der Waals surface area contributed by atoms with Gasteiger partial charge in [0, 0.05) is 6.42 Å². The molecule has 5 nitrogen and oxygen atoms in total. The summed E-state index contributed by atoms with van der Waals surface area (Å²) in [6.45, 7) is 10.3. The molecule has 1 aromatic carbocycles. The molecule has 1 aliphatic rings. The van der Waals surface area contributed by atoms with Crippen LogP contribution < -0.4 is 10.2 Å². The lowest BCUT2D eigenvalue weighted by Gasteiger charge is -2.27. The number of methoxy groups -OCH3 is 1. The number of amides is 1. The molecule has 1 amide bonds. The van der Waals surface area contributed by atoms with Crippen molar-refractivity contribution in [2.24, 2.45) is 0 Å². The second-order valence-corrected chi connectivity index (χ2v) is 8.95. The topological polar surface area (TPSA) is 59.8 Å². The zero-order chi connectivity index (χ0) is 20.4. The van der Waals surface area contributed by atoms with Crippen LogP contribution in [-0.2, 0) is 28.9 Å². The largest absolute Gasteiger partial charge is 0.465 e. The van der Waals surface area contributed by atoms with Crippen molar-refractivity contribution in [2.75, 3.05) is 19.0 Å². The average Bonchev–Trinajstić information content (AvgIpc) is 3.00. The Morgan fingerprint density at radius 2 is 2.04 bits per heavy atom. The number of esters is 1. The van der Waals surface area contributed by atoms with Gasteiger partial charge in [-0.1, -0.05) is 23.8 Å². The first-order chi connectivity index (χ1) is 13.3. The third-order valence-corrected chi connectivity index (χ3v) is 6.63. The van der Waals surface area contributed by atoms with Gasteiger partial charge < -0.3 is 15.0 Å². The number of rotatable bonds is 5. The minimum Gasteiger partial charge on any atom is -0.465 e. The predicted molar refractivity (Wildman–Crippen MR) is 112 cm³/mol. The zero-order valence-corrected chi connectivity index (χ0v) is 18.1. The van der Waals surface area contributed by atoms with Gasteiger partial charge in [-0.05, 0) is 44.4 Å². The Balaban J connectivity index is 1.84. The van der Waals surface area contributed by atoms with E-state index in [0.717, 1.165) is 36.2 Å². The molecular formula is C22H29N2O3S+. The molecule has 1 aromatic heterocycles. The lowest BCUT2D eigenvalue weighted by atomic mass is 10.0. The number of hydrogen-bond donors (Lipinski definition) is 2. The van der Waals surface area contributed by atoms with E-state index in [2.05, 4.69) is 25.2 Å². The number of anilines is 1. The Kier molecular flexibility index (Phi) is 6.20. The van der Waals surface area contributed by atoms with E-state index in [9.17, 15) is 9.59 Å². The van der Waals surface area contributed by atoms with Gasteiger partial charge in [0.05, 0.1) is 36.6 Å². The second-order valence-electron chi connectivity index (χ2n) is 7.84. The molecule has 0 saturated heterocycles. The highest BCUT2D eigenvalue weighted by Gasteiger charge is 2.31. The molecule has 3 rings (SSSR count). The normalized spacial score (nSPS) is 16.0. The second kappa shape index (κ2) is 8.45. The number of carbonyl (C=O) groups excluding carboxylic acids is 2. The van der Waals surface area contributed by atoms with Gasteiger partial charge in [-0.15, -0.1) is 11.3 Å². The highest BCUT2D eigenvalue weighted by molar-refractivity contribution is 7.17. The van der Waals surface area contributed by atoms with Crippen LogP contribution in [0.3, 0.4) is 0 Å². The highest BCUT2D eigenvalue weighted by Crippen LogP contribution is 2.35. The lowest BCUT2D eigenvalue weighted by molar-refractivity contribution is -0.936. The minimum atomic E-state index is -0.368. The number of carbonyl (C=O) groups is 2. The van der Waals surface area contributed by atoms with Gasteiger partial charge in [-0.25, -0.2) is 4.79 Å². The van der Waals surface area contributed by atoms with E-state index in [4.69, 9.17) is 4.74 Å². The van der Waals surface area contributed by atoms with E-state index in [-0.39, 0.29) is 11.9 Å². The molecule has 0 radical (unpaired) electrons. The van der Waals surface area contributed by atoms with Crippen molar-refractivity contribution >= 4 is 28.2 Å². The van der Waals surface area contributed by atoms with Crippen molar-refractivity contribution < 1.29 is 19.2 Å². The van der Waals surface area contributed by atoms with Crippen molar-refractivity contribution in [1.82, 2.24) is 0 Å². The summed E-state index contributed by atoms with van der Waals surface area (Å²) in [5, 5.41) is 3.61. The van der Waals surface area contributed by atoms with Gasteiger partial charge >= 0.3 is 5.97 Å². The van der Waals surface area contributed by atoms with Crippen LogP contribution >= 0.6 is 11.3 Å². The summed E-state index contributed by atoms with van der Waals surface area (Å²) < 4.78 is 5.02. The maximum Gasteiger partial charge on any atom is 0.341 e. The van der Waals surface area contributed by atoms with Crippen LogP contribution in [0, 0.1) is 13.8 Å². The summed E-state index contributed by atoms with van der Waals surface area (Å²) >= 11 is 1.52. The number of thiophene rings is 1.